The van der Waals surface area contributed by atoms with Crippen molar-refractivity contribution in [1.29, 1.82) is 0 Å². The summed E-state index contributed by atoms with van der Waals surface area (Å²) in [5.74, 6) is -1.20. The van der Waals surface area contributed by atoms with Crippen LogP contribution in [-0.2, 0) is 6.18 Å². The topological polar surface area (TPSA) is 38.9 Å². The van der Waals surface area contributed by atoms with Gasteiger partial charge < -0.3 is 5.73 Å². The van der Waals surface area contributed by atoms with Crippen LogP contribution in [0.3, 0.4) is 0 Å². The number of aromatic nitrogens is 1. The summed E-state index contributed by atoms with van der Waals surface area (Å²) in [6.07, 6.45) is -4.76. The maximum atomic E-state index is 13.3. The number of rotatable bonds is 0. The molecule has 2 aromatic rings. The molecule has 0 fully saturated rings. The zero-order valence-electron chi connectivity index (χ0n) is 8.77. The van der Waals surface area contributed by atoms with Crippen LogP contribution in [0.1, 0.15) is 11.3 Å². The molecule has 2 N–H and O–H groups in total. The van der Waals surface area contributed by atoms with Gasteiger partial charge in [0.25, 0.3) is 0 Å². The van der Waals surface area contributed by atoms with E-state index in [1.807, 2.05) is 0 Å². The molecule has 0 unspecified atom stereocenters. The Kier molecular flexibility index (Phi) is 2.45. The van der Waals surface area contributed by atoms with Gasteiger partial charge in [-0.05, 0) is 24.4 Å². The third-order valence-corrected chi connectivity index (χ3v) is 2.43. The van der Waals surface area contributed by atoms with Crippen molar-refractivity contribution < 1.29 is 17.6 Å². The van der Waals surface area contributed by atoms with Crippen LogP contribution in [0.2, 0.25) is 0 Å². The number of pyridine rings is 1. The van der Waals surface area contributed by atoms with Gasteiger partial charge in [-0.25, -0.2) is 9.37 Å². The molecule has 90 valence electrons. The van der Waals surface area contributed by atoms with Gasteiger partial charge in [0, 0.05) is 11.1 Å². The van der Waals surface area contributed by atoms with Gasteiger partial charge in [0.05, 0.1) is 0 Å². The van der Waals surface area contributed by atoms with E-state index >= 15 is 0 Å². The average molecular weight is 244 g/mol. The number of halogens is 4. The first-order valence-corrected chi connectivity index (χ1v) is 4.73. The molecule has 0 atom stereocenters. The minimum absolute atomic E-state index is 0.0619. The molecule has 0 aliphatic rings. The van der Waals surface area contributed by atoms with Gasteiger partial charge in [0.15, 0.2) is 0 Å². The Hall–Kier alpha value is -1.85. The first kappa shape index (κ1) is 11.6. The SMILES string of the molecule is Cc1nc(N)cc2ccc(F)c(C(F)(F)F)c12. The summed E-state index contributed by atoms with van der Waals surface area (Å²) in [6, 6.07) is 3.33. The first-order valence-electron chi connectivity index (χ1n) is 4.73. The number of alkyl halides is 3. The minimum atomic E-state index is -4.76. The van der Waals surface area contributed by atoms with E-state index in [9.17, 15) is 17.6 Å². The summed E-state index contributed by atoms with van der Waals surface area (Å²) >= 11 is 0. The Morgan fingerprint density at radius 2 is 1.88 bits per heavy atom. The number of anilines is 1. The van der Waals surface area contributed by atoms with Crippen molar-refractivity contribution in [3.05, 3.63) is 35.3 Å². The van der Waals surface area contributed by atoms with Crippen molar-refractivity contribution >= 4 is 16.6 Å². The fourth-order valence-electron chi connectivity index (χ4n) is 1.82. The Bertz CT molecular complexity index is 590. The van der Waals surface area contributed by atoms with Crippen LogP contribution >= 0.6 is 0 Å². The summed E-state index contributed by atoms with van der Waals surface area (Å²) in [4.78, 5) is 3.73. The van der Waals surface area contributed by atoms with E-state index < -0.39 is 17.6 Å². The normalized spacial score (nSPS) is 12.1. The average Bonchev–Trinajstić information content (AvgIpc) is 2.16. The Morgan fingerprint density at radius 3 is 2.47 bits per heavy atom. The molecule has 0 spiro atoms. The summed E-state index contributed by atoms with van der Waals surface area (Å²) in [6.45, 7) is 1.37. The number of nitrogen functional groups attached to an aromatic ring is 1. The van der Waals surface area contributed by atoms with Gasteiger partial charge in [-0.1, -0.05) is 6.07 Å². The molecule has 0 bridgehead atoms. The summed E-state index contributed by atoms with van der Waals surface area (Å²) < 4.78 is 51.6. The fourth-order valence-corrected chi connectivity index (χ4v) is 1.82. The Labute approximate surface area is 94.1 Å². The largest absolute Gasteiger partial charge is 0.419 e. The maximum Gasteiger partial charge on any atom is 0.419 e. The number of nitrogens with zero attached hydrogens (tertiary/aromatic N) is 1. The second-order valence-electron chi connectivity index (χ2n) is 3.65. The van der Waals surface area contributed by atoms with E-state index in [-0.39, 0.29) is 22.3 Å². The van der Waals surface area contributed by atoms with E-state index in [1.54, 1.807) is 0 Å². The van der Waals surface area contributed by atoms with Crippen LogP contribution in [-0.4, -0.2) is 4.98 Å². The van der Waals surface area contributed by atoms with E-state index in [4.69, 9.17) is 5.73 Å². The molecule has 6 heteroatoms. The molecule has 1 aromatic carbocycles. The van der Waals surface area contributed by atoms with Gasteiger partial charge >= 0.3 is 6.18 Å². The molecule has 1 aromatic heterocycles. The van der Waals surface area contributed by atoms with Gasteiger partial charge in [-0.2, -0.15) is 13.2 Å². The highest BCUT2D eigenvalue weighted by molar-refractivity contribution is 5.90. The smallest absolute Gasteiger partial charge is 0.384 e. The van der Waals surface area contributed by atoms with Crippen molar-refractivity contribution in [1.82, 2.24) is 4.98 Å². The van der Waals surface area contributed by atoms with Crippen LogP contribution in [0, 0.1) is 12.7 Å². The molecular weight excluding hydrogens is 236 g/mol. The molecule has 2 nitrogen and oxygen atoms in total. The maximum absolute atomic E-state index is 13.3. The first-order chi connectivity index (χ1) is 7.80. The van der Waals surface area contributed by atoms with E-state index in [0.29, 0.717) is 0 Å². The number of fused-ring (bicyclic) bond motifs is 1. The molecule has 0 saturated heterocycles. The molecule has 0 radical (unpaired) electrons. The lowest BCUT2D eigenvalue weighted by Crippen LogP contribution is -2.10. The fraction of sp³-hybridized carbons (Fsp3) is 0.182. The van der Waals surface area contributed by atoms with Crippen molar-refractivity contribution in [2.45, 2.75) is 13.1 Å². The molecular formula is C11H8F4N2. The number of hydrogen-bond acceptors (Lipinski definition) is 2. The molecule has 1 heterocycles. The van der Waals surface area contributed by atoms with E-state index in [1.165, 1.54) is 19.1 Å². The highest BCUT2D eigenvalue weighted by Crippen LogP contribution is 2.38. The lowest BCUT2D eigenvalue weighted by Gasteiger charge is -2.13. The molecule has 0 amide bonds. The van der Waals surface area contributed by atoms with Crippen molar-refractivity contribution in [3.8, 4) is 0 Å². The Balaban J connectivity index is 2.95. The third kappa shape index (κ3) is 1.90. The standard InChI is InChI=1S/C11H8F4N2/c1-5-9-6(4-8(16)17-5)2-3-7(12)10(9)11(13,14)15/h2-4H,1H3,(H2,16,17). The number of nitrogens with two attached hydrogens (primary N) is 1. The summed E-state index contributed by atoms with van der Waals surface area (Å²) in [7, 11) is 0. The zero-order chi connectivity index (χ0) is 12.8. The van der Waals surface area contributed by atoms with Gasteiger partial charge in [-0.15, -0.1) is 0 Å². The summed E-state index contributed by atoms with van der Waals surface area (Å²) in [5, 5.41) is -0.0181. The van der Waals surface area contributed by atoms with Crippen LogP contribution in [0.4, 0.5) is 23.4 Å². The molecule has 17 heavy (non-hydrogen) atoms. The second kappa shape index (κ2) is 3.58. The number of hydrogen-bond donors (Lipinski definition) is 1. The van der Waals surface area contributed by atoms with Gasteiger partial charge in [0.2, 0.25) is 0 Å². The quantitative estimate of drug-likeness (QED) is 0.722. The van der Waals surface area contributed by atoms with Crippen LogP contribution in [0.5, 0.6) is 0 Å². The van der Waals surface area contributed by atoms with Crippen molar-refractivity contribution in [2.75, 3.05) is 5.73 Å². The van der Waals surface area contributed by atoms with Crippen molar-refractivity contribution in [3.63, 3.8) is 0 Å². The second-order valence-corrected chi connectivity index (χ2v) is 3.65. The summed E-state index contributed by atoms with van der Waals surface area (Å²) in [5.41, 5.74) is 4.21. The zero-order valence-corrected chi connectivity index (χ0v) is 8.77. The van der Waals surface area contributed by atoms with E-state index in [2.05, 4.69) is 4.98 Å². The van der Waals surface area contributed by atoms with Crippen LogP contribution < -0.4 is 5.73 Å². The van der Waals surface area contributed by atoms with Gasteiger partial charge in [-0.3, -0.25) is 0 Å². The molecule has 0 saturated carbocycles. The highest BCUT2D eigenvalue weighted by Gasteiger charge is 2.36. The third-order valence-electron chi connectivity index (χ3n) is 2.43. The predicted octanol–water partition coefficient (Wildman–Crippen LogP) is 3.28. The van der Waals surface area contributed by atoms with Crippen molar-refractivity contribution in [2.24, 2.45) is 0 Å². The lowest BCUT2D eigenvalue weighted by atomic mass is 10.0. The predicted molar refractivity (Wildman–Crippen MR) is 55.9 cm³/mol. The highest BCUT2D eigenvalue weighted by atomic mass is 19.4. The minimum Gasteiger partial charge on any atom is -0.384 e. The Morgan fingerprint density at radius 1 is 1.24 bits per heavy atom. The molecule has 0 aliphatic heterocycles. The van der Waals surface area contributed by atoms with Crippen LogP contribution in [0.25, 0.3) is 10.8 Å². The number of benzene rings is 1. The van der Waals surface area contributed by atoms with Crippen LogP contribution in [0.15, 0.2) is 18.2 Å². The number of aryl methyl sites for hydroxylation is 1. The lowest BCUT2D eigenvalue weighted by molar-refractivity contribution is -0.138. The van der Waals surface area contributed by atoms with Gasteiger partial charge in [0.1, 0.15) is 17.2 Å². The van der Waals surface area contributed by atoms with E-state index in [0.717, 1.165) is 6.07 Å². The molecule has 2 rings (SSSR count). The molecule has 0 aliphatic carbocycles. The monoisotopic (exact) mass is 244 g/mol.